The number of nitrogens with one attached hydrogen (secondary N) is 1. The van der Waals surface area contributed by atoms with Crippen molar-refractivity contribution in [1.29, 1.82) is 0 Å². The van der Waals surface area contributed by atoms with Crippen molar-refractivity contribution in [3.8, 4) is 0 Å². The van der Waals surface area contributed by atoms with E-state index in [1.165, 1.54) is 0 Å². The van der Waals surface area contributed by atoms with Gasteiger partial charge in [-0.3, -0.25) is 0 Å². The number of carbonyl (C=O) groups excluding carboxylic acids is 1. The highest BCUT2D eigenvalue weighted by Gasteiger charge is 2.19. The van der Waals surface area contributed by atoms with E-state index >= 15 is 0 Å². The van der Waals surface area contributed by atoms with E-state index < -0.39 is 0 Å². The second-order valence-electron chi connectivity index (χ2n) is 2.77. The quantitative estimate of drug-likeness (QED) is 0.685. The summed E-state index contributed by atoms with van der Waals surface area (Å²) in [5.74, 6) is -0.276. The predicted molar refractivity (Wildman–Crippen MR) is 61.8 cm³/mol. The number of hydrogen-bond acceptors (Lipinski definition) is 2. The number of aromatic amines is 1. The van der Waals surface area contributed by atoms with Gasteiger partial charge in [-0.15, -0.1) is 0 Å². The highest BCUT2D eigenvalue weighted by atomic mass is 79.9. The Morgan fingerprint density at radius 2 is 2.21 bits per heavy atom. The van der Waals surface area contributed by atoms with Gasteiger partial charge >= 0.3 is 5.97 Å². The van der Waals surface area contributed by atoms with E-state index in [2.05, 4.69) is 36.8 Å². The molecule has 0 unspecified atom stereocenters. The molecule has 3 nitrogen and oxygen atoms in total. The molecule has 0 aliphatic rings. The third kappa shape index (κ3) is 2.20. The van der Waals surface area contributed by atoms with E-state index in [1.54, 1.807) is 6.92 Å². The van der Waals surface area contributed by atoms with Gasteiger partial charge in [0.15, 0.2) is 0 Å². The molecule has 0 fully saturated rings. The lowest BCUT2D eigenvalue weighted by atomic mass is 10.2. The van der Waals surface area contributed by atoms with Crippen LogP contribution in [0, 0.1) is 6.92 Å². The maximum atomic E-state index is 11.6. The van der Waals surface area contributed by atoms with Crippen LogP contribution in [0.1, 0.15) is 28.5 Å². The molecule has 1 rings (SSSR count). The monoisotopic (exact) mass is 323 g/mol. The summed E-state index contributed by atoms with van der Waals surface area (Å²) in [6.45, 7) is 4.06. The van der Waals surface area contributed by atoms with Crippen LogP contribution in [-0.2, 0) is 10.1 Å². The van der Waals surface area contributed by atoms with Gasteiger partial charge < -0.3 is 9.72 Å². The Kier molecular flexibility index (Phi) is 4.19. The Labute approximate surface area is 99.5 Å². The zero-order valence-corrected chi connectivity index (χ0v) is 11.2. The van der Waals surface area contributed by atoms with Crippen LogP contribution in [0.5, 0.6) is 0 Å². The molecule has 1 heterocycles. The van der Waals surface area contributed by atoms with Crippen LogP contribution in [0.25, 0.3) is 0 Å². The van der Waals surface area contributed by atoms with E-state index in [-0.39, 0.29) is 5.97 Å². The molecule has 0 radical (unpaired) electrons. The molecular weight excluding hydrogens is 314 g/mol. The van der Waals surface area contributed by atoms with Crippen LogP contribution < -0.4 is 0 Å². The summed E-state index contributed by atoms with van der Waals surface area (Å²) in [4.78, 5) is 14.6. The first-order chi connectivity index (χ1) is 6.61. The maximum absolute atomic E-state index is 11.6. The molecule has 0 saturated heterocycles. The Balaban J connectivity index is 3.10. The number of rotatable bonds is 3. The summed E-state index contributed by atoms with van der Waals surface area (Å²) in [6.07, 6.45) is 0. The van der Waals surface area contributed by atoms with Crippen LogP contribution in [-0.4, -0.2) is 17.6 Å². The van der Waals surface area contributed by atoms with Crippen molar-refractivity contribution in [2.45, 2.75) is 19.2 Å². The molecule has 1 aromatic heterocycles. The molecule has 14 heavy (non-hydrogen) atoms. The molecule has 1 aromatic rings. The summed E-state index contributed by atoms with van der Waals surface area (Å²) < 4.78 is 5.79. The zero-order valence-electron chi connectivity index (χ0n) is 7.99. The molecule has 0 spiro atoms. The fourth-order valence-corrected chi connectivity index (χ4v) is 2.06. The first kappa shape index (κ1) is 11.8. The molecule has 0 saturated carbocycles. The SMILES string of the molecule is CCOC(=O)c1c(CBr)[nH]c(Br)c1C. The highest BCUT2D eigenvalue weighted by Crippen LogP contribution is 2.25. The van der Waals surface area contributed by atoms with Gasteiger partial charge in [0.2, 0.25) is 0 Å². The Hall–Kier alpha value is -0.290. The normalized spacial score (nSPS) is 10.3. The minimum atomic E-state index is -0.276. The van der Waals surface area contributed by atoms with Crippen molar-refractivity contribution < 1.29 is 9.53 Å². The van der Waals surface area contributed by atoms with Gasteiger partial charge in [-0.05, 0) is 35.3 Å². The van der Waals surface area contributed by atoms with E-state index in [0.29, 0.717) is 17.5 Å². The lowest BCUT2D eigenvalue weighted by Gasteiger charge is -2.02. The highest BCUT2D eigenvalue weighted by molar-refractivity contribution is 9.10. The van der Waals surface area contributed by atoms with Crippen LogP contribution in [0.15, 0.2) is 4.60 Å². The van der Waals surface area contributed by atoms with Crippen molar-refractivity contribution in [3.05, 3.63) is 21.4 Å². The van der Waals surface area contributed by atoms with Gasteiger partial charge in [0.05, 0.1) is 16.8 Å². The number of hydrogen-bond donors (Lipinski definition) is 1. The van der Waals surface area contributed by atoms with E-state index in [9.17, 15) is 4.79 Å². The fourth-order valence-electron chi connectivity index (χ4n) is 1.20. The number of halogens is 2. The second-order valence-corrected chi connectivity index (χ2v) is 4.13. The number of H-pyrrole nitrogens is 1. The van der Waals surface area contributed by atoms with Crippen molar-refractivity contribution in [2.75, 3.05) is 6.61 Å². The number of alkyl halides is 1. The summed E-state index contributed by atoms with van der Waals surface area (Å²) >= 11 is 6.66. The molecule has 0 atom stereocenters. The molecule has 5 heteroatoms. The van der Waals surface area contributed by atoms with Gasteiger partial charge in [0, 0.05) is 11.0 Å². The third-order valence-corrected chi connectivity index (χ3v) is 3.23. The Bertz CT molecular complexity index is 347. The summed E-state index contributed by atoms with van der Waals surface area (Å²) in [6, 6.07) is 0. The van der Waals surface area contributed by atoms with Crippen LogP contribution in [0.4, 0.5) is 0 Å². The molecule has 0 aliphatic carbocycles. The number of aromatic nitrogens is 1. The number of carbonyl (C=O) groups is 1. The molecule has 0 aliphatic heterocycles. The smallest absolute Gasteiger partial charge is 0.340 e. The van der Waals surface area contributed by atoms with Crippen molar-refractivity contribution in [1.82, 2.24) is 4.98 Å². The predicted octanol–water partition coefficient (Wildman–Crippen LogP) is 3.16. The van der Waals surface area contributed by atoms with Gasteiger partial charge in [-0.25, -0.2) is 4.79 Å². The average molecular weight is 325 g/mol. The number of esters is 1. The largest absolute Gasteiger partial charge is 0.462 e. The van der Waals surface area contributed by atoms with Crippen LogP contribution in [0.3, 0.4) is 0 Å². The lowest BCUT2D eigenvalue weighted by Crippen LogP contribution is -2.07. The van der Waals surface area contributed by atoms with E-state index in [0.717, 1.165) is 15.9 Å². The molecular formula is C9H11Br2NO2. The van der Waals surface area contributed by atoms with Gasteiger partial charge in [0.1, 0.15) is 0 Å². The minimum absolute atomic E-state index is 0.276. The Morgan fingerprint density at radius 3 is 2.71 bits per heavy atom. The molecule has 78 valence electrons. The number of ether oxygens (including phenoxy) is 1. The summed E-state index contributed by atoms with van der Waals surface area (Å²) in [5.41, 5.74) is 2.35. The van der Waals surface area contributed by atoms with Gasteiger partial charge in [-0.2, -0.15) is 0 Å². The Morgan fingerprint density at radius 1 is 1.57 bits per heavy atom. The molecule has 0 bridgehead atoms. The second kappa shape index (κ2) is 4.98. The fraction of sp³-hybridized carbons (Fsp3) is 0.444. The van der Waals surface area contributed by atoms with E-state index in [4.69, 9.17) is 4.74 Å². The average Bonchev–Trinajstić information content (AvgIpc) is 2.43. The maximum Gasteiger partial charge on any atom is 0.340 e. The van der Waals surface area contributed by atoms with Crippen molar-refractivity contribution in [3.63, 3.8) is 0 Å². The molecule has 0 amide bonds. The molecule has 0 aromatic carbocycles. The molecule has 1 N–H and O–H groups in total. The van der Waals surface area contributed by atoms with E-state index in [1.807, 2.05) is 6.92 Å². The van der Waals surface area contributed by atoms with Crippen molar-refractivity contribution in [2.24, 2.45) is 0 Å². The van der Waals surface area contributed by atoms with Gasteiger partial charge in [0.25, 0.3) is 0 Å². The first-order valence-electron chi connectivity index (χ1n) is 4.21. The summed E-state index contributed by atoms with van der Waals surface area (Å²) in [7, 11) is 0. The van der Waals surface area contributed by atoms with Crippen LogP contribution in [0.2, 0.25) is 0 Å². The van der Waals surface area contributed by atoms with Crippen molar-refractivity contribution >= 4 is 37.8 Å². The topological polar surface area (TPSA) is 42.1 Å². The van der Waals surface area contributed by atoms with Gasteiger partial charge in [-0.1, -0.05) is 15.9 Å². The standard InChI is InChI=1S/C9H11Br2NO2/c1-3-14-9(13)7-5(2)8(11)12-6(7)4-10/h12H,3-4H2,1-2H3. The first-order valence-corrected chi connectivity index (χ1v) is 6.13. The van der Waals surface area contributed by atoms with Crippen LogP contribution >= 0.6 is 31.9 Å². The summed E-state index contributed by atoms with van der Waals surface area (Å²) in [5, 5.41) is 0.605. The zero-order chi connectivity index (χ0) is 10.7. The third-order valence-electron chi connectivity index (χ3n) is 1.88. The lowest BCUT2D eigenvalue weighted by molar-refractivity contribution is 0.0525. The minimum Gasteiger partial charge on any atom is -0.462 e.